The Kier molecular flexibility index (Phi) is 4.86. The Morgan fingerprint density at radius 2 is 2.17 bits per heavy atom. The first-order valence-electron chi connectivity index (χ1n) is 6.25. The van der Waals surface area contributed by atoms with E-state index in [9.17, 15) is 0 Å². The van der Waals surface area contributed by atoms with Crippen LogP contribution in [0.15, 0.2) is 10.9 Å². The Hall–Kier alpha value is -0.780. The normalized spacial score (nSPS) is 12.8. The molecule has 3 nitrogen and oxygen atoms in total. The van der Waals surface area contributed by atoms with E-state index >= 15 is 0 Å². The fourth-order valence-electron chi connectivity index (χ4n) is 1.89. The minimum absolute atomic E-state index is 0.350. The fraction of sp³-hybridized carbons (Fsp3) is 0.538. The number of nitrogens with zero attached hydrogens (tertiary/aromatic N) is 2. The molecule has 98 valence electrons. The van der Waals surface area contributed by atoms with Crippen LogP contribution in [0.3, 0.4) is 0 Å². The number of nitrogens with one attached hydrogen (secondary N) is 1. The monoisotopic (exact) mass is 281 g/mol. The van der Waals surface area contributed by atoms with Gasteiger partial charge in [0.15, 0.2) is 0 Å². The summed E-state index contributed by atoms with van der Waals surface area (Å²) < 4.78 is 0. The van der Waals surface area contributed by atoms with Gasteiger partial charge in [-0.2, -0.15) is 0 Å². The average Bonchev–Trinajstić information content (AvgIpc) is 2.93. The van der Waals surface area contributed by atoms with E-state index in [2.05, 4.69) is 34.5 Å². The van der Waals surface area contributed by atoms with Crippen molar-refractivity contribution in [2.45, 2.75) is 39.7 Å². The molecule has 2 rings (SSSR count). The SMILES string of the molecule is CCCNC(Cc1nc(C)cs1)c1scnc1C. The van der Waals surface area contributed by atoms with Gasteiger partial charge in [0, 0.05) is 28.4 Å². The highest BCUT2D eigenvalue weighted by Gasteiger charge is 2.17. The van der Waals surface area contributed by atoms with Gasteiger partial charge in [-0.3, -0.25) is 0 Å². The number of aromatic nitrogens is 2. The Morgan fingerprint density at radius 1 is 1.33 bits per heavy atom. The second-order valence-corrected chi connectivity index (χ2v) is 6.22. The first-order chi connectivity index (χ1) is 8.70. The second kappa shape index (κ2) is 6.41. The van der Waals surface area contributed by atoms with Crippen molar-refractivity contribution in [3.05, 3.63) is 32.2 Å². The van der Waals surface area contributed by atoms with Crippen LogP contribution in [-0.2, 0) is 6.42 Å². The lowest BCUT2D eigenvalue weighted by Crippen LogP contribution is -2.24. The fourth-order valence-corrected chi connectivity index (χ4v) is 3.59. The van der Waals surface area contributed by atoms with Crippen molar-refractivity contribution < 1.29 is 0 Å². The van der Waals surface area contributed by atoms with E-state index in [1.54, 1.807) is 22.7 Å². The number of thiazole rings is 2. The minimum atomic E-state index is 0.350. The minimum Gasteiger partial charge on any atom is -0.309 e. The van der Waals surface area contributed by atoms with Gasteiger partial charge in [0.1, 0.15) is 0 Å². The zero-order valence-corrected chi connectivity index (χ0v) is 12.7. The molecule has 0 spiro atoms. The number of aryl methyl sites for hydroxylation is 2. The number of hydrogen-bond donors (Lipinski definition) is 1. The summed E-state index contributed by atoms with van der Waals surface area (Å²) in [6.45, 7) is 7.36. The van der Waals surface area contributed by atoms with E-state index in [-0.39, 0.29) is 0 Å². The lowest BCUT2D eigenvalue weighted by atomic mass is 10.1. The molecule has 0 aliphatic heterocycles. The van der Waals surface area contributed by atoms with E-state index in [4.69, 9.17) is 0 Å². The summed E-state index contributed by atoms with van der Waals surface area (Å²) in [5.74, 6) is 0. The van der Waals surface area contributed by atoms with Gasteiger partial charge in [0.05, 0.1) is 16.2 Å². The lowest BCUT2D eigenvalue weighted by molar-refractivity contribution is 0.532. The molecule has 2 aromatic heterocycles. The molecule has 18 heavy (non-hydrogen) atoms. The first-order valence-corrected chi connectivity index (χ1v) is 8.01. The molecular weight excluding hydrogens is 262 g/mol. The molecule has 1 unspecified atom stereocenters. The third-order valence-corrected chi connectivity index (χ3v) is 4.82. The van der Waals surface area contributed by atoms with Gasteiger partial charge in [0.2, 0.25) is 0 Å². The molecule has 1 atom stereocenters. The molecule has 1 N–H and O–H groups in total. The summed E-state index contributed by atoms with van der Waals surface area (Å²) in [5, 5.41) is 6.93. The summed E-state index contributed by atoms with van der Waals surface area (Å²) in [4.78, 5) is 10.3. The van der Waals surface area contributed by atoms with Crippen LogP contribution in [0.2, 0.25) is 0 Å². The van der Waals surface area contributed by atoms with E-state index in [0.29, 0.717) is 6.04 Å². The third-order valence-electron chi connectivity index (χ3n) is 2.79. The summed E-state index contributed by atoms with van der Waals surface area (Å²) in [6.07, 6.45) is 2.10. The number of hydrogen-bond acceptors (Lipinski definition) is 5. The topological polar surface area (TPSA) is 37.8 Å². The molecule has 5 heteroatoms. The molecule has 0 bridgehead atoms. The Morgan fingerprint density at radius 3 is 2.72 bits per heavy atom. The highest BCUT2D eigenvalue weighted by atomic mass is 32.1. The van der Waals surface area contributed by atoms with Crippen LogP contribution >= 0.6 is 22.7 Å². The molecule has 0 saturated carbocycles. The summed E-state index contributed by atoms with van der Waals surface area (Å²) >= 11 is 3.48. The average molecular weight is 281 g/mol. The summed E-state index contributed by atoms with van der Waals surface area (Å²) in [5.41, 5.74) is 4.19. The van der Waals surface area contributed by atoms with Crippen LogP contribution in [0.25, 0.3) is 0 Å². The second-order valence-electron chi connectivity index (χ2n) is 4.40. The van der Waals surface area contributed by atoms with Crippen molar-refractivity contribution in [1.29, 1.82) is 0 Å². The van der Waals surface area contributed by atoms with Crippen LogP contribution in [0.5, 0.6) is 0 Å². The zero-order valence-electron chi connectivity index (χ0n) is 11.1. The molecule has 0 aliphatic carbocycles. The molecule has 2 heterocycles. The van der Waals surface area contributed by atoms with Crippen molar-refractivity contribution >= 4 is 22.7 Å². The maximum absolute atomic E-state index is 4.56. The summed E-state index contributed by atoms with van der Waals surface area (Å²) in [6, 6.07) is 0.350. The van der Waals surface area contributed by atoms with Crippen LogP contribution in [0.1, 0.15) is 40.7 Å². The zero-order chi connectivity index (χ0) is 13.0. The Bertz CT molecular complexity index is 490. The van der Waals surface area contributed by atoms with Crippen LogP contribution in [0, 0.1) is 13.8 Å². The highest BCUT2D eigenvalue weighted by Crippen LogP contribution is 2.26. The quantitative estimate of drug-likeness (QED) is 0.880. The summed E-state index contributed by atoms with van der Waals surface area (Å²) in [7, 11) is 0. The standard InChI is InChI=1S/C13H19N3S2/c1-4-5-14-11(13-10(3)15-8-18-13)6-12-16-9(2)7-17-12/h7-8,11,14H,4-6H2,1-3H3. The Labute approximate surface area is 116 Å². The molecule has 0 aliphatic rings. The van der Waals surface area contributed by atoms with Gasteiger partial charge >= 0.3 is 0 Å². The Balaban J connectivity index is 2.12. The molecule has 0 aromatic carbocycles. The molecule has 0 saturated heterocycles. The molecule has 0 radical (unpaired) electrons. The van der Waals surface area contributed by atoms with E-state index < -0.39 is 0 Å². The van der Waals surface area contributed by atoms with Crippen molar-refractivity contribution in [3.8, 4) is 0 Å². The molecule has 0 amide bonds. The van der Waals surface area contributed by atoms with Gasteiger partial charge in [-0.05, 0) is 26.8 Å². The van der Waals surface area contributed by atoms with E-state index in [1.165, 1.54) is 9.88 Å². The maximum atomic E-state index is 4.56. The van der Waals surface area contributed by atoms with Crippen molar-refractivity contribution in [2.75, 3.05) is 6.54 Å². The van der Waals surface area contributed by atoms with Crippen LogP contribution in [0.4, 0.5) is 0 Å². The molecule has 0 fully saturated rings. The van der Waals surface area contributed by atoms with E-state index in [1.807, 2.05) is 12.4 Å². The highest BCUT2D eigenvalue weighted by molar-refractivity contribution is 7.10. The van der Waals surface area contributed by atoms with Gasteiger partial charge in [0.25, 0.3) is 0 Å². The predicted molar refractivity (Wildman–Crippen MR) is 78.4 cm³/mol. The smallest absolute Gasteiger partial charge is 0.0947 e. The maximum Gasteiger partial charge on any atom is 0.0947 e. The van der Waals surface area contributed by atoms with E-state index in [0.717, 1.165) is 30.8 Å². The first kappa shape index (κ1) is 13.6. The van der Waals surface area contributed by atoms with Crippen molar-refractivity contribution in [2.24, 2.45) is 0 Å². The van der Waals surface area contributed by atoms with Crippen molar-refractivity contribution in [3.63, 3.8) is 0 Å². The van der Waals surface area contributed by atoms with Gasteiger partial charge in [-0.25, -0.2) is 9.97 Å². The van der Waals surface area contributed by atoms with Crippen LogP contribution < -0.4 is 5.32 Å². The van der Waals surface area contributed by atoms with Gasteiger partial charge < -0.3 is 5.32 Å². The van der Waals surface area contributed by atoms with Gasteiger partial charge in [-0.15, -0.1) is 22.7 Å². The molecule has 2 aromatic rings. The molecular formula is C13H19N3S2. The van der Waals surface area contributed by atoms with Crippen molar-refractivity contribution in [1.82, 2.24) is 15.3 Å². The predicted octanol–water partition coefficient (Wildman–Crippen LogP) is 3.50. The lowest BCUT2D eigenvalue weighted by Gasteiger charge is -2.16. The number of rotatable bonds is 6. The third kappa shape index (κ3) is 3.37. The van der Waals surface area contributed by atoms with Crippen LogP contribution in [-0.4, -0.2) is 16.5 Å². The van der Waals surface area contributed by atoms with Gasteiger partial charge in [-0.1, -0.05) is 6.92 Å². The largest absolute Gasteiger partial charge is 0.309 e.